The standard InChI is InChI=1S/C25H29N5O2/c1-26-23-8-5-7-19(29-23)25-24-17-15-21(31-2)22(16-20(17)28-18(24)9-10-27-25)32-14-6-13-30-11-3-4-12-30/h5,7-10,15-16,28H,3-4,6,11-14H2,1-2H3,(H,26,29). The van der Waals surface area contributed by atoms with Crippen LogP contribution in [-0.2, 0) is 0 Å². The molecule has 7 heteroatoms. The summed E-state index contributed by atoms with van der Waals surface area (Å²) in [6.07, 6.45) is 5.46. The number of anilines is 1. The van der Waals surface area contributed by atoms with Crippen molar-refractivity contribution in [3.8, 4) is 22.9 Å². The highest BCUT2D eigenvalue weighted by molar-refractivity contribution is 6.13. The number of nitrogens with one attached hydrogen (secondary N) is 2. The first kappa shape index (κ1) is 20.6. The molecule has 0 atom stereocenters. The van der Waals surface area contributed by atoms with Crippen LogP contribution in [0, 0.1) is 0 Å². The number of hydrogen-bond donors (Lipinski definition) is 2. The van der Waals surface area contributed by atoms with Crippen LogP contribution in [0.25, 0.3) is 33.2 Å². The molecule has 0 bridgehead atoms. The van der Waals surface area contributed by atoms with Crippen molar-refractivity contribution >= 4 is 27.6 Å². The molecule has 0 saturated carbocycles. The fourth-order valence-electron chi connectivity index (χ4n) is 4.50. The molecule has 32 heavy (non-hydrogen) atoms. The summed E-state index contributed by atoms with van der Waals surface area (Å²) in [5, 5.41) is 5.17. The van der Waals surface area contributed by atoms with Crippen molar-refractivity contribution in [2.45, 2.75) is 19.3 Å². The first-order valence-corrected chi connectivity index (χ1v) is 11.3. The highest BCUT2D eigenvalue weighted by Crippen LogP contribution is 2.39. The van der Waals surface area contributed by atoms with Crippen molar-refractivity contribution in [3.63, 3.8) is 0 Å². The number of ether oxygens (including phenoxy) is 2. The molecule has 1 saturated heterocycles. The Bertz CT molecular complexity index is 1230. The third kappa shape index (κ3) is 3.96. The fraction of sp³-hybridized carbons (Fsp3) is 0.360. The monoisotopic (exact) mass is 431 g/mol. The smallest absolute Gasteiger partial charge is 0.163 e. The molecular weight excluding hydrogens is 402 g/mol. The zero-order valence-corrected chi connectivity index (χ0v) is 18.6. The van der Waals surface area contributed by atoms with E-state index in [-0.39, 0.29) is 0 Å². The average Bonchev–Trinajstić information content (AvgIpc) is 3.48. The topological polar surface area (TPSA) is 75.3 Å². The Morgan fingerprint density at radius 3 is 2.78 bits per heavy atom. The maximum Gasteiger partial charge on any atom is 0.163 e. The van der Waals surface area contributed by atoms with Crippen molar-refractivity contribution in [1.82, 2.24) is 19.9 Å². The predicted molar refractivity (Wildman–Crippen MR) is 129 cm³/mol. The normalized spacial score (nSPS) is 14.3. The zero-order valence-electron chi connectivity index (χ0n) is 18.6. The number of likely N-dealkylation sites (tertiary alicyclic amines) is 1. The molecule has 0 unspecified atom stereocenters. The van der Waals surface area contributed by atoms with Gasteiger partial charge in [0.25, 0.3) is 0 Å². The zero-order chi connectivity index (χ0) is 21.9. The van der Waals surface area contributed by atoms with E-state index in [1.165, 1.54) is 25.9 Å². The SMILES string of the molecule is CNc1cccc(-c2nccc3[nH]c4cc(OCCCN5CCCC5)c(OC)cc4c23)n1. The Hall–Kier alpha value is -3.32. The van der Waals surface area contributed by atoms with E-state index in [1.807, 2.05) is 49.6 Å². The lowest BCUT2D eigenvalue weighted by Crippen LogP contribution is -2.21. The summed E-state index contributed by atoms with van der Waals surface area (Å²) in [5.41, 5.74) is 3.67. The number of pyridine rings is 2. The maximum atomic E-state index is 6.13. The van der Waals surface area contributed by atoms with E-state index in [9.17, 15) is 0 Å². The van der Waals surface area contributed by atoms with Crippen LogP contribution in [0.4, 0.5) is 5.82 Å². The first-order valence-electron chi connectivity index (χ1n) is 11.3. The van der Waals surface area contributed by atoms with Crippen LogP contribution in [0.1, 0.15) is 19.3 Å². The van der Waals surface area contributed by atoms with Crippen LogP contribution in [0.5, 0.6) is 11.5 Å². The summed E-state index contributed by atoms with van der Waals surface area (Å²) < 4.78 is 11.8. The summed E-state index contributed by atoms with van der Waals surface area (Å²) in [4.78, 5) is 15.4. The average molecular weight is 432 g/mol. The number of rotatable bonds is 8. The number of aromatic nitrogens is 3. The van der Waals surface area contributed by atoms with Gasteiger partial charge in [-0.3, -0.25) is 4.98 Å². The van der Waals surface area contributed by atoms with Gasteiger partial charge >= 0.3 is 0 Å². The van der Waals surface area contributed by atoms with Crippen LogP contribution in [0.2, 0.25) is 0 Å². The van der Waals surface area contributed by atoms with Crippen molar-refractivity contribution in [2.75, 3.05) is 45.7 Å². The Balaban J connectivity index is 1.48. The summed E-state index contributed by atoms with van der Waals surface area (Å²) >= 11 is 0. The highest BCUT2D eigenvalue weighted by Gasteiger charge is 2.17. The Kier molecular flexibility index (Phi) is 5.81. The third-order valence-corrected chi connectivity index (χ3v) is 6.12. The number of aromatic amines is 1. The summed E-state index contributed by atoms with van der Waals surface area (Å²) in [6, 6.07) is 12.0. The van der Waals surface area contributed by atoms with Crippen molar-refractivity contribution in [2.24, 2.45) is 0 Å². The molecule has 1 aromatic carbocycles. The quantitative estimate of drug-likeness (QED) is 0.394. The molecule has 5 rings (SSSR count). The van der Waals surface area contributed by atoms with Gasteiger partial charge in [0, 0.05) is 36.6 Å². The van der Waals surface area contributed by atoms with Crippen LogP contribution < -0.4 is 14.8 Å². The molecule has 4 heterocycles. The summed E-state index contributed by atoms with van der Waals surface area (Å²) in [5.74, 6) is 2.30. The Labute approximate surface area is 187 Å². The molecule has 7 nitrogen and oxygen atoms in total. The van der Waals surface area contributed by atoms with E-state index in [0.29, 0.717) is 6.61 Å². The van der Waals surface area contributed by atoms with Gasteiger partial charge in [-0.15, -0.1) is 0 Å². The third-order valence-electron chi connectivity index (χ3n) is 6.12. The van der Waals surface area contributed by atoms with Gasteiger partial charge in [0.1, 0.15) is 5.82 Å². The highest BCUT2D eigenvalue weighted by atomic mass is 16.5. The number of hydrogen-bond acceptors (Lipinski definition) is 6. The lowest BCUT2D eigenvalue weighted by Gasteiger charge is -2.15. The molecule has 0 spiro atoms. The fourth-order valence-corrected chi connectivity index (χ4v) is 4.50. The number of H-pyrrole nitrogens is 1. The van der Waals surface area contributed by atoms with Gasteiger partial charge in [-0.25, -0.2) is 4.98 Å². The first-order chi connectivity index (χ1) is 15.8. The maximum absolute atomic E-state index is 6.13. The van der Waals surface area contributed by atoms with E-state index >= 15 is 0 Å². The molecule has 0 amide bonds. The van der Waals surface area contributed by atoms with Gasteiger partial charge in [0.05, 0.1) is 36.1 Å². The molecule has 1 aliphatic rings. The van der Waals surface area contributed by atoms with E-state index in [2.05, 4.69) is 20.2 Å². The van der Waals surface area contributed by atoms with Crippen molar-refractivity contribution < 1.29 is 9.47 Å². The van der Waals surface area contributed by atoms with E-state index in [1.54, 1.807) is 7.11 Å². The second-order valence-electron chi connectivity index (χ2n) is 8.16. The molecule has 4 aromatic rings. The van der Waals surface area contributed by atoms with Crippen molar-refractivity contribution in [3.05, 3.63) is 42.6 Å². The number of benzene rings is 1. The Morgan fingerprint density at radius 1 is 1.09 bits per heavy atom. The molecule has 3 aromatic heterocycles. The predicted octanol–water partition coefficient (Wildman–Crippen LogP) is 4.69. The van der Waals surface area contributed by atoms with E-state index in [0.717, 1.165) is 63.5 Å². The van der Waals surface area contributed by atoms with Crippen LogP contribution in [-0.4, -0.2) is 60.3 Å². The summed E-state index contributed by atoms with van der Waals surface area (Å²) in [7, 11) is 3.55. The van der Waals surface area contributed by atoms with Gasteiger partial charge in [-0.1, -0.05) is 6.07 Å². The van der Waals surface area contributed by atoms with Crippen LogP contribution in [0.3, 0.4) is 0 Å². The lowest BCUT2D eigenvalue weighted by atomic mass is 10.1. The number of methoxy groups -OCH3 is 1. The molecule has 0 radical (unpaired) electrons. The molecule has 0 aliphatic carbocycles. The van der Waals surface area contributed by atoms with Gasteiger partial charge in [-0.2, -0.15) is 0 Å². The molecule has 166 valence electrons. The van der Waals surface area contributed by atoms with Crippen LogP contribution in [0.15, 0.2) is 42.6 Å². The largest absolute Gasteiger partial charge is 0.493 e. The lowest BCUT2D eigenvalue weighted by molar-refractivity contribution is 0.254. The minimum absolute atomic E-state index is 0.673. The molecule has 1 fully saturated rings. The minimum Gasteiger partial charge on any atom is -0.493 e. The molecule has 2 N–H and O–H groups in total. The summed E-state index contributed by atoms with van der Waals surface area (Å²) in [6.45, 7) is 4.19. The van der Waals surface area contributed by atoms with Crippen LogP contribution >= 0.6 is 0 Å². The molecular formula is C25H29N5O2. The number of nitrogens with zero attached hydrogens (tertiary/aromatic N) is 3. The van der Waals surface area contributed by atoms with Crippen molar-refractivity contribution in [1.29, 1.82) is 0 Å². The number of fused-ring (bicyclic) bond motifs is 3. The molecule has 1 aliphatic heterocycles. The van der Waals surface area contributed by atoms with Gasteiger partial charge in [0.15, 0.2) is 11.5 Å². The second kappa shape index (κ2) is 9.04. The Morgan fingerprint density at radius 2 is 1.97 bits per heavy atom. The van der Waals surface area contributed by atoms with Gasteiger partial charge < -0.3 is 24.7 Å². The van der Waals surface area contributed by atoms with Gasteiger partial charge in [0.2, 0.25) is 0 Å². The van der Waals surface area contributed by atoms with E-state index < -0.39 is 0 Å². The van der Waals surface area contributed by atoms with Gasteiger partial charge in [-0.05, 0) is 56.6 Å². The second-order valence-corrected chi connectivity index (χ2v) is 8.16. The van der Waals surface area contributed by atoms with E-state index in [4.69, 9.17) is 14.5 Å². The minimum atomic E-state index is 0.673.